The van der Waals surface area contributed by atoms with E-state index in [0.29, 0.717) is 11.8 Å². The minimum absolute atomic E-state index is 0.0168. The van der Waals surface area contributed by atoms with Crippen LogP contribution in [0.1, 0.15) is 15.9 Å². The number of aromatic carboxylic acids is 1. The van der Waals surface area contributed by atoms with E-state index in [0.717, 1.165) is 0 Å². The van der Waals surface area contributed by atoms with E-state index in [9.17, 15) is 9.59 Å². The van der Waals surface area contributed by atoms with Gasteiger partial charge in [-0.2, -0.15) is 0 Å². The summed E-state index contributed by atoms with van der Waals surface area (Å²) in [4.78, 5) is 24.5. The second kappa shape index (κ2) is 4.53. The van der Waals surface area contributed by atoms with Gasteiger partial charge in [0, 0.05) is 11.8 Å². The number of carbonyl (C=O) groups is 2. The van der Waals surface area contributed by atoms with Crippen LogP contribution in [0.2, 0.25) is 5.15 Å². The minimum Gasteiger partial charge on any atom is -0.478 e. The van der Waals surface area contributed by atoms with Crippen molar-refractivity contribution in [2.45, 2.75) is 0 Å². The number of carbonyl (C=O) groups excluding carboxylic acids is 1. The Bertz CT molecular complexity index is 401. The van der Waals surface area contributed by atoms with Crippen LogP contribution in [0.3, 0.4) is 0 Å². The molecule has 0 aliphatic heterocycles. The van der Waals surface area contributed by atoms with Crippen molar-refractivity contribution in [3.8, 4) is 0 Å². The molecule has 0 bridgehead atoms. The van der Waals surface area contributed by atoms with Crippen molar-refractivity contribution in [2.24, 2.45) is 0 Å². The first-order valence-corrected chi connectivity index (χ1v) is 4.03. The van der Waals surface area contributed by atoms with Crippen LogP contribution >= 0.6 is 11.6 Å². The number of nitrogens with zero attached hydrogens (tertiary/aromatic N) is 1. The molecule has 0 unspecified atom stereocenters. The Morgan fingerprint density at radius 2 is 2.29 bits per heavy atom. The molecule has 1 aromatic heterocycles. The highest BCUT2D eigenvalue weighted by atomic mass is 35.5. The number of aldehydes is 1. The van der Waals surface area contributed by atoms with E-state index in [1.165, 1.54) is 24.4 Å². The Labute approximate surface area is 84.8 Å². The highest BCUT2D eigenvalue weighted by Gasteiger charge is 2.08. The van der Waals surface area contributed by atoms with Crippen LogP contribution in [0, 0.1) is 0 Å². The van der Waals surface area contributed by atoms with Crippen LogP contribution in [0.25, 0.3) is 6.08 Å². The Morgan fingerprint density at radius 1 is 1.57 bits per heavy atom. The Hall–Kier alpha value is -1.68. The van der Waals surface area contributed by atoms with Crippen LogP contribution in [-0.2, 0) is 4.79 Å². The molecule has 0 saturated heterocycles. The summed E-state index contributed by atoms with van der Waals surface area (Å²) in [6, 6.07) is 1.23. The monoisotopic (exact) mass is 211 g/mol. The number of aromatic nitrogens is 1. The number of halogens is 1. The quantitative estimate of drug-likeness (QED) is 0.469. The molecule has 0 fully saturated rings. The van der Waals surface area contributed by atoms with Gasteiger partial charge in [0.25, 0.3) is 0 Å². The molecule has 1 aromatic rings. The molecule has 1 rings (SSSR count). The maximum atomic E-state index is 10.7. The molecule has 72 valence electrons. The number of allylic oxidation sites excluding steroid dienone is 1. The van der Waals surface area contributed by atoms with Gasteiger partial charge in [-0.25, -0.2) is 9.78 Å². The van der Waals surface area contributed by atoms with Crippen molar-refractivity contribution in [2.75, 3.05) is 0 Å². The zero-order chi connectivity index (χ0) is 10.6. The van der Waals surface area contributed by atoms with Gasteiger partial charge in [0.15, 0.2) is 0 Å². The third-order valence-corrected chi connectivity index (χ3v) is 1.69. The molecule has 5 heteroatoms. The molecule has 0 aliphatic rings. The second-order valence-electron chi connectivity index (χ2n) is 2.39. The molecule has 0 atom stereocenters. The number of pyridine rings is 1. The number of carboxylic acids is 1. The minimum atomic E-state index is -1.11. The Morgan fingerprint density at radius 3 is 2.86 bits per heavy atom. The zero-order valence-corrected chi connectivity index (χ0v) is 7.73. The fraction of sp³-hybridized carbons (Fsp3) is 0. The summed E-state index contributed by atoms with van der Waals surface area (Å²) in [5.41, 5.74) is 0.358. The van der Waals surface area contributed by atoms with Gasteiger partial charge >= 0.3 is 5.97 Å². The molecule has 14 heavy (non-hydrogen) atoms. The Kier molecular flexibility index (Phi) is 3.36. The predicted octanol–water partition coefficient (Wildman–Crippen LogP) is 1.65. The fourth-order valence-electron chi connectivity index (χ4n) is 0.901. The van der Waals surface area contributed by atoms with Crippen LogP contribution in [0.15, 0.2) is 18.3 Å². The van der Waals surface area contributed by atoms with E-state index in [1.807, 2.05) is 0 Å². The van der Waals surface area contributed by atoms with Crippen LogP contribution in [-0.4, -0.2) is 22.3 Å². The third-order valence-electron chi connectivity index (χ3n) is 1.49. The first-order valence-electron chi connectivity index (χ1n) is 3.66. The number of carboxylic acid groups (broad SMARTS) is 1. The lowest BCUT2D eigenvalue weighted by atomic mass is 10.1. The van der Waals surface area contributed by atoms with Gasteiger partial charge < -0.3 is 5.11 Å². The highest BCUT2D eigenvalue weighted by molar-refractivity contribution is 6.29. The van der Waals surface area contributed by atoms with Crippen molar-refractivity contribution in [1.29, 1.82) is 0 Å². The molecule has 1 N–H and O–H groups in total. The summed E-state index contributed by atoms with van der Waals surface area (Å²) in [5, 5.41) is 8.88. The lowest BCUT2D eigenvalue weighted by Gasteiger charge is -1.99. The van der Waals surface area contributed by atoms with E-state index >= 15 is 0 Å². The van der Waals surface area contributed by atoms with Gasteiger partial charge in [-0.1, -0.05) is 11.6 Å². The number of rotatable bonds is 3. The standard InChI is InChI=1S/C9H6ClNO3/c10-8-4-7(9(13)14)6(5-11-8)2-1-3-12/h1-5H,(H,13,14). The summed E-state index contributed by atoms with van der Waals surface area (Å²) in [6.07, 6.45) is 4.41. The summed E-state index contributed by atoms with van der Waals surface area (Å²) >= 11 is 5.53. The summed E-state index contributed by atoms with van der Waals surface area (Å²) in [7, 11) is 0. The molecule has 0 spiro atoms. The van der Waals surface area contributed by atoms with Crippen LogP contribution in [0.4, 0.5) is 0 Å². The summed E-state index contributed by atoms with van der Waals surface area (Å²) in [6.45, 7) is 0. The lowest BCUT2D eigenvalue weighted by molar-refractivity contribution is -0.104. The van der Waals surface area contributed by atoms with Gasteiger partial charge in [0.05, 0.1) is 5.56 Å². The molecular weight excluding hydrogens is 206 g/mol. The SMILES string of the molecule is O=CC=Cc1cnc(Cl)cc1C(=O)O. The molecule has 1 heterocycles. The van der Waals surface area contributed by atoms with E-state index in [4.69, 9.17) is 16.7 Å². The summed E-state index contributed by atoms with van der Waals surface area (Å²) < 4.78 is 0. The Balaban J connectivity index is 3.21. The maximum Gasteiger partial charge on any atom is 0.336 e. The average Bonchev–Trinajstić information content (AvgIpc) is 2.15. The van der Waals surface area contributed by atoms with Crippen LogP contribution in [0.5, 0.6) is 0 Å². The molecule has 0 aromatic carbocycles. The van der Waals surface area contributed by atoms with Crippen molar-refractivity contribution >= 4 is 29.9 Å². The zero-order valence-electron chi connectivity index (χ0n) is 6.98. The first-order chi connectivity index (χ1) is 6.65. The van der Waals surface area contributed by atoms with Gasteiger partial charge in [-0.3, -0.25) is 4.79 Å². The lowest BCUT2D eigenvalue weighted by Crippen LogP contribution is -2.00. The number of hydrogen-bond acceptors (Lipinski definition) is 3. The normalized spacial score (nSPS) is 10.4. The molecule has 0 radical (unpaired) electrons. The smallest absolute Gasteiger partial charge is 0.336 e. The van der Waals surface area contributed by atoms with Gasteiger partial charge in [0.1, 0.15) is 11.4 Å². The largest absolute Gasteiger partial charge is 0.478 e. The second-order valence-corrected chi connectivity index (χ2v) is 2.78. The van der Waals surface area contributed by atoms with E-state index < -0.39 is 5.97 Å². The van der Waals surface area contributed by atoms with E-state index in [2.05, 4.69) is 4.98 Å². The summed E-state index contributed by atoms with van der Waals surface area (Å²) in [5.74, 6) is -1.11. The van der Waals surface area contributed by atoms with Gasteiger partial charge in [0.2, 0.25) is 0 Å². The van der Waals surface area contributed by atoms with Crippen molar-refractivity contribution < 1.29 is 14.7 Å². The molecular formula is C9H6ClNO3. The van der Waals surface area contributed by atoms with Gasteiger partial charge in [-0.05, 0) is 18.2 Å². The van der Waals surface area contributed by atoms with Crippen molar-refractivity contribution in [3.63, 3.8) is 0 Å². The highest BCUT2D eigenvalue weighted by Crippen LogP contribution is 2.14. The van der Waals surface area contributed by atoms with Crippen molar-refractivity contribution in [1.82, 2.24) is 4.98 Å². The number of hydrogen-bond donors (Lipinski definition) is 1. The topological polar surface area (TPSA) is 67.3 Å². The van der Waals surface area contributed by atoms with Crippen molar-refractivity contribution in [3.05, 3.63) is 34.6 Å². The van der Waals surface area contributed by atoms with E-state index in [-0.39, 0.29) is 10.7 Å². The maximum absolute atomic E-state index is 10.7. The fourth-order valence-corrected chi connectivity index (χ4v) is 1.06. The third kappa shape index (κ3) is 2.40. The van der Waals surface area contributed by atoms with Gasteiger partial charge in [-0.15, -0.1) is 0 Å². The molecule has 0 amide bonds. The average molecular weight is 212 g/mol. The van der Waals surface area contributed by atoms with E-state index in [1.54, 1.807) is 0 Å². The molecule has 4 nitrogen and oxygen atoms in total. The van der Waals surface area contributed by atoms with Crippen LogP contribution < -0.4 is 0 Å². The molecule has 0 aliphatic carbocycles. The first kappa shape index (κ1) is 10.4. The predicted molar refractivity (Wildman–Crippen MR) is 51.3 cm³/mol. The molecule has 0 saturated carbocycles.